The van der Waals surface area contributed by atoms with Crippen molar-refractivity contribution in [2.24, 2.45) is 0 Å². The van der Waals surface area contributed by atoms with Crippen molar-refractivity contribution >= 4 is 16.9 Å². The fourth-order valence-electron chi connectivity index (χ4n) is 1.40. The molecule has 2 aromatic rings. The molecule has 0 bridgehead atoms. The quantitative estimate of drug-likeness (QED) is 0.435. The molecular formula is C11H8O6. The Hall–Kier alpha value is -2.50. The van der Waals surface area contributed by atoms with Crippen molar-refractivity contribution in [1.29, 1.82) is 0 Å². The van der Waals surface area contributed by atoms with Crippen LogP contribution < -0.4 is 5.63 Å². The number of esters is 1. The average molecular weight is 236 g/mol. The second-order valence-corrected chi connectivity index (χ2v) is 3.32. The summed E-state index contributed by atoms with van der Waals surface area (Å²) < 4.78 is 9.23. The van der Waals surface area contributed by atoms with Crippen LogP contribution in [0.1, 0.15) is 10.4 Å². The fraction of sp³-hybridized carbons (Fsp3) is 0.0909. The van der Waals surface area contributed by atoms with Crippen LogP contribution in [0.4, 0.5) is 0 Å². The van der Waals surface area contributed by atoms with E-state index in [1.807, 2.05) is 0 Å². The van der Waals surface area contributed by atoms with E-state index in [1.165, 1.54) is 12.1 Å². The standard InChI is InChI=1S/C11H8O6/c1-16-10(14)6-2-5-3-7(12)8(13)4-9(5)17-11(6)15/h2-4,12-13H,1H3. The molecule has 2 rings (SSSR count). The first-order valence-corrected chi connectivity index (χ1v) is 4.61. The van der Waals surface area contributed by atoms with Gasteiger partial charge in [-0.25, -0.2) is 9.59 Å². The number of ether oxygens (including phenoxy) is 1. The number of rotatable bonds is 1. The third-order valence-corrected chi connectivity index (χ3v) is 2.23. The van der Waals surface area contributed by atoms with E-state index in [0.29, 0.717) is 5.39 Å². The third kappa shape index (κ3) is 1.80. The molecule has 0 unspecified atom stereocenters. The Balaban J connectivity index is 2.76. The monoisotopic (exact) mass is 236 g/mol. The normalized spacial score (nSPS) is 10.4. The lowest BCUT2D eigenvalue weighted by molar-refractivity contribution is 0.0596. The van der Waals surface area contributed by atoms with Gasteiger partial charge in [-0.2, -0.15) is 0 Å². The van der Waals surface area contributed by atoms with Crippen molar-refractivity contribution in [3.05, 3.63) is 34.2 Å². The van der Waals surface area contributed by atoms with E-state index in [2.05, 4.69) is 4.74 Å². The van der Waals surface area contributed by atoms with Crippen LogP contribution in [0.5, 0.6) is 11.5 Å². The minimum Gasteiger partial charge on any atom is -0.504 e. The maximum Gasteiger partial charge on any atom is 0.351 e. The molecule has 0 aliphatic rings. The molecule has 0 aliphatic heterocycles. The second kappa shape index (κ2) is 3.82. The summed E-state index contributed by atoms with van der Waals surface area (Å²) in [7, 11) is 1.14. The van der Waals surface area contributed by atoms with E-state index < -0.39 is 17.3 Å². The van der Waals surface area contributed by atoms with Crippen molar-refractivity contribution < 1.29 is 24.2 Å². The summed E-state index contributed by atoms with van der Waals surface area (Å²) in [5.41, 5.74) is -1.07. The molecule has 0 saturated heterocycles. The number of phenolic OH excluding ortho intramolecular Hbond substituents is 2. The molecule has 0 amide bonds. The van der Waals surface area contributed by atoms with E-state index in [4.69, 9.17) is 4.42 Å². The van der Waals surface area contributed by atoms with Crippen LogP contribution in [0.2, 0.25) is 0 Å². The number of hydrogen-bond donors (Lipinski definition) is 2. The average Bonchev–Trinajstić information content (AvgIpc) is 2.30. The summed E-state index contributed by atoms with van der Waals surface area (Å²) in [5, 5.41) is 18.8. The molecule has 6 nitrogen and oxygen atoms in total. The lowest BCUT2D eigenvalue weighted by Gasteiger charge is -2.02. The van der Waals surface area contributed by atoms with Crippen LogP contribution in [-0.4, -0.2) is 23.3 Å². The van der Waals surface area contributed by atoms with Gasteiger partial charge in [0.15, 0.2) is 11.5 Å². The summed E-state index contributed by atoms with van der Waals surface area (Å²) in [6, 6.07) is 3.50. The van der Waals surface area contributed by atoms with E-state index in [-0.39, 0.29) is 16.9 Å². The molecule has 0 aliphatic carbocycles. The lowest BCUT2D eigenvalue weighted by Crippen LogP contribution is -2.14. The predicted molar refractivity (Wildman–Crippen MR) is 57.2 cm³/mol. The van der Waals surface area contributed by atoms with E-state index in [0.717, 1.165) is 13.2 Å². The molecule has 1 heterocycles. The molecule has 6 heteroatoms. The Morgan fingerprint density at radius 3 is 2.53 bits per heavy atom. The van der Waals surface area contributed by atoms with Gasteiger partial charge in [0, 0.05) is 11.5 Å². The van der Waals surface area contributed by atoms with Gasteiger partial charge in [-0.05, 0) is 12.1 Å². The zero-order valence-electron chi connectivity index (χ0n) is 8.76. The summed E-state index contributed by atoms with van der Waals surface area (Å²) >= 11 is 0. The second-order valence-electron chi connectivity index (χ2n) is 3.32. The van der Waals surface area contributed by atoms with Crippen LogP contribution in [0.25, 0.3) is 11.0 Å². The largest absolute Gasteiger partial charge is 0.504 e. The maximum absolute atomic E-state index is 11.4. The summed E-state index contributed by atoms with van der Waals surface area (Å²) in [5.74, 6) is -1.61. The molecule has 17 heavy (non-hydrogen) atoms. The smallest absolute Gasteiger partial charge is 0.351 e. The Morgan fingerprint density at radius 1 is 1.24 bits per heavy atom. The van der Waals surface area contributed by atoms with Crippen molar-refractivity contribution in [1.82, 2.24) is 0 Å². The van der Waals surface area contributed by atoms with Gasteiger partial charge in [-0.15, -0.1) is 0 Å². The first kappa shape index (κ1) is 11.0. The third-order valence-electron chi connectivity index (χ3n) is 2.23. The SMILES string of the molecule is COC(=O)c1cc2cc(O)c(O)cc2oc1=O. The number of phenols is 2. The predicted octanol–water partition coefficient (Wildman–Crippen LogP) is 0.991. The number of carbonyl (C=O) groups is 1. The Kier molecular flexibility index (Phi) is 2.47. The van der Waals surface area contributed by atoms with Gasteiger partial charge in [0.05, 0.1) is 7.11 Å². The number of carbonyl (C=O) groups excluding carboxylic acids is 1. The molecule has 1 aromatic carbocycles. The van der Waals surface area contributed by atoms with Crippen molar-refractivity contribution in [3.8, 4) is 11.5 Å². The minimum absolute atomic E-state index is 0.0675. The Bertz CT molecular complexity index is 655. The highest BCUT2D eigenvalue weighted by atomic mass is 16.5. The Morgan fingerprint density at radius 2 is 1.88 bits per heavy atom. The van der Waals surface area contributed by atoms with Crippen molar-refractivity contribution in [2.75, 3.05) is 7.11 Å². The first-order valence-electron chi connectivity index (χ1n) is 4.61. The number of benzene rings is 1. The highest BCUT2D eigenvalue weighted by Gasteiger charge is 2.15. The van der Waals surface area contributed by atoms with Crippen LogP contribution in [0, 0.1) is 0 Å². The summed E-state index contributed by atoms with van der Waals surface area (Å²) in [4.78, 5) is 22.7. The van der Waals surface area contributed by atoms with Crippen LogP contribution in [0.3, 0.4) is 0 Å². The van der Waals surface area contributed by atoms with Gasteiger partial charge in [0.2, 0.25) is 0 Å². The van der Waals surface area contributed by atoms with Gasteiger partial charge in [0.1, 0.15) is 11.1 Å². The molecule has 0 saturated carbocycles. The molecule has 0 spiro atoms. The van der Waals surface area contributed by atoms with Crippen LogP contribution in [0.15, 0.2) is 27.4 Å². The van der Waals surface area contributed by atoms with E-state index >= 15 is 0 Å². The van der Waals surface area contributed by atoms with Crippen LogP contribution in [-0.2, 0) is 4.74 Å². The summed E-state index contributed by atoms with van der Waals surface area (Å²) in [6.45, 7) is 0. The van der Waals surface area contributed by atoms with Gasteiger partial charge in [0.25, 0.3) is 0 Å². The van der Waals surface area contributed by atoms with Crippen LogP contribution >= 0.6 is 0 Å². The molecular weight excluding hydrogens is 228 g/mol. The highest BCUT2D eigenvalue weighted by molar-refractivity contribution is 5.93. The zero-order valence-corrected chi connectivity index (χ0v) is 8.76. The Labute approximate surface area is 94.7 Å². The lowest BCUT2D eigenvalue weighted by atomic mass is 10.1. The molecule has 0 radical (unpaired) electrons. The number of fused-ring (bicyclic) bond motifs is 1. The fourth-order valence-corrected chi connectivity index (χ4v) is 1.40. The van der Waals surface area contributed by atoms with Gasteiger partial charge < -0.3 is 19.4 Å². The maximum atomic E-state index is 11.4. The molecule has 1 aromatic heterocycles. The number of methoxy groups -OCH3 is 1. The summed E-state index contributed by atoms with van der Waals surface area (Å²) in [6.07, 6.45) is 0. The molecule has 0 fully saturated rings. The molecule has 0 atom stereocenters. The van der Waals surface area contributed by atoms with Crippen molar-refractivity contribution in [3.63, 3.8) is 0 Å². The van der Waals surface area contributed by atoms with Gasteiger partial charge in [-0.1, -0.05) is 0 Å². The molecule has 88 valence electrons. The van der Waals surface area contributed by atoms with Gasteiger partial charge >= 0.3 is 11.6 Å². The topological polar surface area (TPSA) is 97.0 Å². The zero-order chi connectivity index (χ0) is 12.6. The van der Waals surface area contributed by atoms with E-state index in [1.54, 1.807) is 0 Å². The highest BCUT2D eigenvalue weighted by Crippen LogP contribution is 2.29. The van der Waals surface area contributed by atoms with Crippen molar-refractivity contribution in [2.45, 2.75) is 0 Å². The first-order chi connectivity index (χ1) is 8.02. The molecule has 2 N–H and O–H groups in total. The minimum atomic E-state index is -0.866. The number of hydrogen-bond acceptors (Lipinski definition) is 6. The van der Waals surface area contributed by atoms with Gasteiger partial charge in [-0.3, -0.25) is 0 Å². The van der Waals surface area contributed by atoms with E-state index in [9.17, 15) is 19.8 Å². The number of aromatic hydroxyl groups is 2.